The van der Waals surface area contributed by atoms with Gasteiger partial charge < -0.3 is 15.0 Å². The van der Waals surface area contributed by atoms with Gasteiger partial charge in [0.05, 0.1) is 16.7 Å². The predicted molar refractivity (Wildman–Crippen MR) is 117 cm³/mol. The molecule has 30 heavy (non-hydrogen) atoms. The first-order chi connectivity index (χ1) is 14.1. The van der Waals surface area contributed by atoms with Crippen LogP contribution in [0.15, 0.2) is 24.3 Å². The maximum atomic E-state index is 12.7. The van der Waals surface area contributed by atoms with Gasteiger partial charge in [0, 0.05) is 31.1 Å². The van der Waals surface area contributed by atoms with Crippen molar-refractivity contribution in [3.8, 4) is 0 Å². The highest BCUT2D eigenvalue weighted by molar-refractivity contribution is 7.81. The monoisotopic (exact) mass is 435 g/mol. The molecule has 166 valence electrons. The fourth-order valence-corrected chi connectivity index (χ4v) is 5.20. The Morgan fingerprint density at radius 3 is 2.60 bits per heavy atom. The number of ether oxygens (including phenoxy) is 1. The number of likely N-dealkylation sites (tertiary alicyclic amines) is 1. The molecular formula is C22H33N3O4S. The second-order valence-electron chi connectivity index (χ2n) is 9.25. The minimum Gasteiger partial charge on any atom is -0.444 e. The zero-order valence-electron chi connectivity index (χ0n) is 18.3. The lowest BCUT2D eigenvalue weighted by atomic mass is 9.89. The molecule has 2 aliphatic heterocycles. The van der Waals surface area contributed by atoms with Gasteiger partial charge in [-0.2, -0.15) is 0 Å². The van der Waals surface area contributed by atoms with Crippen LogP contribution in [0.4, 0.5) is 4.79 Å². The van der Waals surface area contributed by atoms with Crippen molar-refractivity contribution in [2.75, 3.05) is 19.6 Å². The third-order valence-corrected chi connectivity index (χ3v) is 7.29. The SMILES string of the molecule is C[C@@H]1CCCN1C(=O)CNC(=O)O[C@H](CN1Cc2ccccc2CS1=O)C(C)(C)C. The van der Waals surface area contributed by atoms with E-state index in [1.165, 1.54) is 0 Å². The van der Waals surface area contributed by atoms with Gasteiger partial charge in [-0.1, -0.05) is 45.0 Å². The van der Waals surface area contributed by atoms with Crippen LogP contribution in [-0.2, 0) is 32.8 Å². The molecule has 7 nitrogen and oxygen atoms in total. The summed E-state index contributed by atoms with van der Waals surface area (Å²) in [5, 5.41) is 2.60. The highest BCUT2D eigenvalue weighted by atomic mass is 32.2. The first-order valence-electron chi connectivity index (χ1n) is 10.6. The Bertz CT molecular complexity index is 808. The summed E-state index contributed by atoms with van der Waals surface area (Å²) in [7, 11) is -1.17. The summed E-state index contributed by atoms with van der Waals surface area (Å²) in [5.74, 6) is 0.389. The van der Waals surface area contributed by atoms with E-state index in [1.807, 2.05) is 56.3 Å². The van der Waals surface area contributed by atoms with E-state index in [1.54, 1.807) is 4.90 Å². The molecule has 1 N–H and O–H groups in total. The zero-order chi connectivity index (χ0) is 21.9. The minimum atomic E-state index is -1.17. The van der Waals surface area contributed by atoms with Crippen LogP contribution < -0.4 is 5.32 Å². The Labute approximate surface area is 181 Å². The Morgan fingerprint density at radius 1 is 1.27 bits per heavy atom. The second kappa shape index (κ2) is 9.47. The standard InChI is InChI=1S/C22H33N3O4S/c1-16-8-7-11-25(16)20(26)12-23-21(27)29-19(22(2,3)4)14-24-13-17-9-5-6-10-18(17)15-30(24)28/h5-6,9-10,16,19H,7-8,11-15H2,1-4H3,(H,23,27)/t16-,19-,30?/m1/s1. The lowest BCUT2D eigenvalue weighted by molar-refractivity contribution is -0.130. The van der Waals surface area contributed by atoms with Crippen LogP contribution in [-0.4, -0.2) is 57.2 Å². The van der Waals surface area contributed by atoms with E-state index < -0.39 is 23.2 Å². The molecule has 0 bridgehead atoms. The van der Waals surface area contributed by atoms with Gasteiger partial charge in [0.2, 0.25) is 5.91 Å². The molecule has 1 aromatic rings. The number of rotatable bonds is 5. The number of benzene rings is 1. The van der Waals surface area contributed by atoms with Gasteiger partial charge in [-0.15, -0.1) is 0 Å². The van der Waals surface area contributed by atoms with Crippen molar-refractivity contribution in [2.45, 2.75) is 65.0 Å². The van der Waals surface area contributed by atoms with Gasteiger partial charge in [0.15, 0.2) is 0 Å². The molecule has 2 aliphatic rings. The molecule has 0 aliphatic carbocycles. The third kappa shape index (κ3) is 5.60. The fraction of sp³-hybridized carbons (Fsp3) is 0.636. The van der Waals surface area contributed by atoms with Crippen LogP contribution in [0.3, 0.4) is 0 Å². The number of fused-ring (bicyclic) bond motifs is 1. The van der Waals surface area contributed by atoms with E-state index in [0.29, 0.717) is 18.8 Å². The fourth-order valence-electron chi connectivity index (χ4n) is 3.88. The molecule has 0 radical (unpaired) electrons. The van der Waals surface area contributed by atoms with Gasteiger partial charge in [-0.3, -0.25) is 4.79 Å². The van der Waals surface area contributed by atoms with Crippen LogP contribution in [0.2, 0.25) is 0 Å². The summed E-state index contributed by atoms with van der Waals surface area (Å²) < 4.78 is 20.3. The quantitative estimate of drug-likeness (QED) is 0.771. The summed E-state index contributed by atoms with van der Waals surface area (Å²) in [6.45, 7) is 9.59. The lowest BCUT2D eigenvalue weighted by Crippen LogP contribution is -2.47. The van der Waals surface area contributed by atoms with Gasteiger partial charge in [-0.25, -0.2) is 13.3 Å². The van der Waals surface area contributed by atoms with E-state index in [4.69, 9.17) is 4.74 Å². The average molecular weight is 436 g/mol. The maximum Gasteiger partial charge on any atom is 0.407 e. The van der Waals surface area contributed by atoms with Crippen LogP contribution in [0, 0.1) is 5.41 Å². The largest absolute Gasteiger partial charge is 0.444 e. The zero-order valence-corrected chi connectivity index (χ0v) is 19.2. The lowest BCUT2D eigenvalue weighted by Gasteiger charge is -2.36. The van der Waals surface area contributed by atoms with E-state index >= 15 is 0 Å². The van der Waals surface area contributed by atoms with Crippen molar-refractivity contribution in [1.29, 1.82) is 0 Å². The summed E-state index contributed by atoms with van der Waals surface area (Å²) in [4.78, 5) is 26.6. The molecule has 8 heteroatoms. The normalized spacial score (nSPS) is 23.0. The molecule has 3 rings (SSSR count). The molecule has 2 amide bonds. The van der Waals surface area contributed by atoms with Crippen molar-refractivity contribution in [3.63, 3.8) is 0 Å². The van der Waals surface area contributed by atoms with Gasteiger partial charge in [0.1, 0.15) is 12.6 Å². The molecule has 2 heterocycles. The first kappa shape index (κ1) is 22.7. The highest BCUT2D eigenvalue weighted by Crippen LogP contribution is 2.28. The number of amides is 2. The van der Waals surface area contributed by atoms with Crippen molar-refractivity contribution in [3.05, 3.63) is 35.4 Å². The van der Waals surface area contributed by atoms with Gasteiger partial charge in [0.25, 0.3) is 0 Å². The van der Waals surface area contributed by atoms with Crippen molar-refractivity contribution in [1.82, 2.24) is 14.5 Å². The van der Waals surface area contributed by atoms with E-state index in [2.05, 4.69) is 5.32 Å². The Balaban J connectivity index is 1.57. The number of hydrogen-bond donors (Lipinski definition) is 1. The number of alkyl carbamates (subject to hydrolysis) is 1. The molecule has 0 aromatic heterocycles. The maximum absolute atomic E-state index is 12.7. The van der Waals surface area contributed by atoms with Crippen LogP contribution in [0.25, 0.3) is 0 Å². The summed E-state index contributed by atoms with van der Waals surface area (Å²) in [6.07, 6.45) is 0.920. The molecule has 0 saturated carbocycles. The van der Waals surface area contributed by atoms with Crippen LogP contribution >= 0.6 is 0 Å². The molecular weight excluding hydrogens is 402 g/mol. The van der Waals surface area contributed by atoms with Crippen LogP contribution in [0.1, 0.15) is 51.7 Å². The van der Waals surface area contributed by atoms with E-state index in [0.717, 1.165) is 30.5 Å². The molecule has 1 saturated heterocycles. The second-order valence-corrected chi connectivity index (χ2v) is 10.7. The predicted octanol–water partition coefficient (Wildman–Crippen LogP) is 2.82. The van der Waals surface area contributed by atoms with E-state index in [9.17, 15) is 13.8 Å². The minimum absolute atomic E-state index is 0.0664. The molecule has 3 atom stereocenters. The summed E-state index contributed by atoms with van der Waals surface area (Å²) in [5.41, 5.74) is 1.92. The number of hydrogen-bond acceptors (Lipinski definition) is 4. The summed E-state index contributed by atoms with van der Waals surface area (Å²) >= 11 is 0. The Hall–Kier alpha value is -1.93. The number of nitrogens with one attached hydrogen (secondary N) is 1. The van der Waals surface area contributed by atoms with Crippen molar-refractivity contribution in [2.24, 2.45) is 5.41 Å². The molecule has 0 spiro atoms. The molecule has 1 aromatic carbocycles. The molecule has 1 unspecified atom stereocenters. The smallest absolute Gasteiger partial charge is 0.407 e. The first-order valence-corrected chi connectivity index (χ1v) is 11.9. The van der Waals surface area contributed by atoms with Crippen molar-refractivity contribution < 1.29 is 18.5 Å². The Kier molecular flexibility index (Phi) is 7.18. The molecule has 1 fully saturated rings. The Morgan fingerprint density at radius 2 is 1.97 bits per heavy atom. The number of nitrogens with zero attached hydrogens (tertiary/aromatic N) is 2. The summed E-state index contributed by atoms with van der Waals surface area (Å²) in [6, 6.07) is 8.21. The topological polar surface area (TPSA) is 79.0 Å². The average Bonchev–Trinajstić information content (AvgIpc) is 3.11. The van der Waals surface area contributed by atoms with Crippen molar-refractivity contribution >= 4 is 23.0 Å². The van der Waals surface area contributed by atoms with E-state index in [-0.39, 0.29) is 23.9 Å². The highest BCUT2D eigenvalue weighted by Gasteiger charge is 2.34. The van der Waals surface area contributed by atoms with Gasteiger partial charge >= 0.3 is 6.09 Å². The number of carbonyl (C=O) groups is 2. The number of carbonyl (C=O) groups excluding carboxylic acids is 2. The van der Waals surface area contributed by atoms with Crippen LogP contribution in [0.5, 0.6) is 0 Å². The van der Waals surface area contributed by atoms with Gasteiger partial charge in [-0.05, 0) is 30.9 Å². The third-order valence-electron chi connectivity index (χ3n) is 5.87.